The van der Waals surface area contributed by atoms with Gasteiger partial charge in [0.25, 0.3) is 0 Å². The third-order valence-corrected chi connectivity index (χ3v) is 6.96. The van der Waals surface area contributed by atoms with Crippen LogP contribution in [0.25, 0.3) is 11.1 Å². The topological polar surface area (TPSA) is 49.4 Å². The standard InChI is InChI=1S/C26H31FN2O2/c1-3-28-25(31)26(12-14-29(15-13-26)24(30)22-16-18(22)2)17-19-8-10-20(11-9-19)21-6-4-5-7-23(21)27/h4-11,18,22H,3,12-17H2,1-2H3,(H,28,31). The van der Waals surface area contributed by atoms with E-state index in [2.05, 4.69) is 12.2 Å². The molecule has 2 aromatic carbocycles. The van der Waals surface area contributed by atoms with E-state index >= 15 is 0 Å². The number of benzene rings is 2. The molecule has 2 aromatic rings. The zero-order valence-corrected chi connectivity index (χ0v) is 18.4. The Morgan fingerprint density at radius 3 is 2.32 bits per heavy atom. The Labute approximate surface area is 183 Å². The Morgan fingerprint density at radius 1 is 1.10 bits per heavy atom. The predicted molar refractivity (Wildman–Crippen MR) is 120 cm³/mol. The quantitative estimate of drug-likeness (QED) is 0.748. The van der Waals surface area contributed by atoms with Crippen LogP contribution in [0.5, 0.6) is 0 Å². The number of amides is 2. The Morgan fingerprint density at radius 2 is 1.74 bits per heavy atom. The fourth-order valence-electron chi connectivity index (χ4n) is 4.78. The van der Waals surface area contributed by atoms with Crippen LogP contribution in [0.2, 0.25) is 0 Å². The van der Waals surface area contributed by atoms with Crippen molar-refractivity contribution in [3.8, 4) is 11.1 Å². The monoisotopic (exact) mass is 422 g/mol. The van der Waals surface area contributed by atoms with Crippen molar-refractivity contribution in [1.82, 2.24) is 10.2 Å². The average molecular weight is 423 g/mol. The second-order valence-corrected chi connectivity index (χ2v) is 9.14. The SMILES string of the molecule is CCNC(=O)C1(Cc2ccc(-c3ccccc3F)cc2)CCN(C(=O)C2CC2C)CC1. The Hall–Kier alpha value is -2.69. The lowest BCUT2D eigenvalue weighted by atomic mass is 9.72. The van der Waals surface area contributed by atoms with E-state index in [1.807, 2.05) is 42.2 Å². The zero-order valence-electron chi connectivity index (χ0n) is 18.4. The summed E-state index contributed by atoms with van der Waals surface area (Å²) in [5, 5.41) is 3.02. The number of halogens is 1. The minimum atomic E-state index is -0.512. The van der Waals surface area contributed by atoms with Gasteiger partial charge < -0.3 is 10.2 Å². The van der Waals surface area contributed by atoms with Crippen molar-refractivity contribution in [2.45, 2.75) is 39.5 Å². The van der Waals surface area contributed by atoms with Crippen LogP contribution < -0.4 is 5.32 Å². The highest BCUT2D eigenvalue weighted by molar-refractivity contribution is 5.85. The number of hydrogen-bond acceptors (Lipinski definition) is 2. The minimum Gasteiger partial charge on any atom is -0.356 e. The zero-order chi connectivity index (χ0) is 22.0. The van der Waals surface area contributed by atoms with E-state index in [0.29, 0.717) is 50.4 Å². The van der Waals surface area contributed by atoms with Crippen LogP contribution in [0.15, 0.2) is 48.5 Å². The first-order chi connectivity index (χ1) is 14.9. The summed E-state index contributed by atoms with van der Waals surface area (Å²) in [6, 6.07) is 14.6. The lowest BCUT2D eigenvalue weighted by Gasteiger charge is -2.41. The molecule has 5 heteroatoms. The number of carbonyl (C=O) groups is 2. The van der Waals surface area contributed by atoms with Crippen LogP contribution in [0, 0.1) is 23.1 Å². The molecule has 4 rings (SSSR count). The van der Waals surface area contributed by atoms with Gasteiger partial charge in [-0.1, -0.05) is 49.4 Å². The first kappa shape index (κ1) is 21.5. The molecule has 1 saturated heterocycles. The van der Waals surface area contributed by atoms with Crippen molar-refractivity contribution in [1.29, 1.82) is 0 Å². The lowest BCUT2D eigenvalue weighted by Crippen LogP contribution is -2.51. The normalized spacial score (nSPS) is 22.1. The summed E-state index contributed by atoms with van der Waals surface area (Å²) in [5.41, 5.74) is 1.95. The van der Waals surface area contributed by atoms with Crippen molar-refractivity contribution >= 4 is 11.8 Å². The number of hydrogen-bond donors (Lipinski definition) is 1. The Balaban J connectivity index is 1.49. The molecule has 2 unspecified atom stereocenters. The number of piperidine rings is 1. The number of nitrogens with one attached hydrogen (secondary N) is 1. The van der Waals surface area contributed by atoms with Crippen molar-refractivity contribution < 1.29 is 14.0 Å². The van der Waals surface area contributed by atoms with Gasteiger partial charge in [0.1, 0.15) is 5.82 Å². The molecule has 0 bridgehead atoms. The molecule has 0 spiro atoms. The van der Waals surface area contributed by atoms with Crippen LogP contribution in [0.3, 0.4) is 0 Å². The molecule has 0 aromatic heterocycles. The van der Waals surface area contributed by atoms with Crippen molar-refractivity contribution in [2.75, 3.05) is 19.6 Å². The molecule has 2 aliphatic rings. The van der Waals surface area contributed by atoms with Gasteiger partial charge in [0.15, 0.2) is 0 Å². The first-order valence-corrected chi connectivity index (χ1v) is 11.3. The molecule has 4 nitrogen and oxygen atoms in total. The van der Waals surface area contributed by atoms with E-state index in [0.717, 1.165) is 17.5 Å². The molecule has 2 atom stereocenters. The molecule has 1 aliphatic carbocycles. The summed E-state index contributed by atoms with van der Waals surface area (Å²) >= 11 is 0. The van der Waals surface area contributed by atoms with E-state index in [9.17, 15) is 14.0 Å². The number of likely N-dealkylation sites (tertiary alicyclic amines) is 1. The largest absolute Gasteiger partial charge is 0.356 e. The van der Waals surface area contributed by atoms with Gasteiger partial charge >= 0.3 is 0 Å². The van der Waals surface area contributed by atoms with E-state index in [1.165, 1.54) is 6.07 Å². The van der Waals surface area contributed by atoms with Crippen LogP contribution in [0.4, 0.5) is 4.39 Å². The molecular formula is C26H31FN2O2. The van der Waals surface area contributed by atoms with Gasteiger partial charge in [-0.25, -0.2) is 4.39 Å². The fraction of sp³-hybridized carbons (Fsp3) is 0.462. The number of nitrogens with zero attached hydrogens (tertiary/aromatic N) is 1. The third kappa shape index (κ3) is 4.51. The van der Waals surface area contributed by atoms with Gasteiger partial charge in [-0.05, 0) is 55.7 Å². The molecule has 2 amide bonds. The van der Waals surface area contributed by atoms with Gasteiger partial charge in [0.05, 0.1) is 5.41 Å². The average Bonchev–Trinajstić information content (AvgIpc) is 3.51. The maximum atomic E-state index is 14.1. The summed E-state index contributed by atoms with van der Waals surface area (Å²) in [6.45, 7) is 5.91. The molecule has 2 fully saturated rings. The van der Waals surface area contributed by atoms with Crippen LogP contribution >= 0.6 is 0 Å². The molecule has 1 N–H and O–H groups in total. The third-order valence-electron chi connectivity index (χ3n) is 6.96. The molecule has 164 valence electrons. The molecule has 1 heterocycles. The highest BCUT2D eigenvalue weighted by Gasteiger charge is 2.46. The molecule has 1 saturated carbocycles. The number of rotatable bonds is 6. The highest BCUT2D eigenvalue weighted by atomic mass is 19.1. The molecule has 0 radical (unpaired) electrons. The highest BCUT2D eigenvalue weighted by Crippen LogP contribution is 2.42. The molecule has 31 heavy (non-hydrogen) atoms. The van der Waals surface area contributed by atoms with Gasteiger partial charge in [0.2, 0.25) is 11.8 Å². The maximum absolute atomic E-state index is 14.1. The van der Waals surface area contributed by atoms with E-state index in [4.69, 9.17) is 0 Å². The fourth-order valence-corrected chi connectivity index (χ4v) is 4.78. The van der Waals surface area contributed by atoms with Crippen molar-refractivity contribution in [2.24, 2.45) is 17.3 Å². The van der Waals surface area contributed by atoms with Gasteiger partial charge in [-0.2, -0.15) is 0 Å². The van der Waals surface area contributed by atoms with Crippen LogP contribution in [-0.2, 0) is 16.0 Å². The second-order valence-electron chi connectivity index (χ2n) is 9.14. The van der Waals surface area contributed by atoms with Crippen LogP contribution in [-0.4, -0.2) is 36.3 Å². The van der Waals surface area contributed by atoms with Crippen LogP contribution in [0.1, 0.15) is 38.7 Å². The lowest BCUT2D eigenvalue weighted by molar-refractivity contribution is -0.141. The Bertz CT molecular complexity index is 948. The predicted octanol–water partition coefficient (Wildman–Crippen LogP) is 4.44. The Kier molecular flexibility index (Phi) is 6.12. The van der Waals surface area contributed by atoms with E-state index in [-0.39, 0.29) is 23.5 Å². The maximum Gasteiger partial charge on any atom is 0.226 e. The van der Waals surface area contributed by atoms with Crippen molar-refractivity contribution in [3.05, 3.63) is 59.9 Å². The summed E-state index contributed by atoms with van der Waals surface area (Å²) in [7, 11) is 0. The van der Waals surface area contributed by atoms with E-state index < -0.39 is 5.41 Å². The van der Waals surface area contributed by atoms with Gasteiger partial charge in [0, 0.05) is 31.1 Å². The smallest absolute Gasteiger partial charge is 0.226 e. The summed E-state index contributed by atoms with van der Waals surface area (Å²) in [5.74, 6) is 0.765. The molecular weight excluding hydrogens is 391 g/mol. The number of carbonyl (C=O) groups excluding carboxylic acids is 2. The van der Waals surface area contributed by atoms with E-state index in [1.54, 1.807) is 12.1 Å². The molecule has 1 aliphatic heterocycles. The van der Waals surface area contributed by atoms with Crippen molar-refractivity contribution in [3.63, 3.8) is 0 Å². The first-order valence-electron chi connectivity index (χ1n) is 11.3. The van der Waals surface area contributed by atoms with Gasteiger partial charge in [-0.3, -0.25) is 9.59 Å². The summed E-state index contributed by atoms with van der Waals surface area (Å²) < 4.78 is 14.1. The summed E-state index contributed by atoms with van der Waals surface area (Å²) in [4.78, 5) is 27.6. The summed E-state index contributed by atoms with van der Waals surface area (Å²) in [6.07, 6.45) is 2.95. The second kappa shape index (κ2) is 8.81. The minimum absolute atomic E-state index is 0.0695. The van der Waals surface area contributed by atoms with Gasteiger partial charge in [-0.15, -0.1) is 0 Å².